The first kappa shape index (κ1) is 17.5. The highest BCUT2D eigenvalue weighted by Crippen LogP contribution is 2.45. The van der Waals surface area contributed by atoms with Crippen LogP contribution in [-0.2, 0) is 20.6 Å². The Morgan fingerprint density at radius 3 is 2.46 bits per heavy atom. The molecule has 2 aromatic rings. The topological polar surface area (TPSA) is 85.3 Å². The third kappa shape index (κ3) is 2.72. The number of aromatic nitrogens is 4. The predicted octanol–water partition coefficient (Wildman–Crippen LogP) is -0.0850. The van der Waals surface area contributed by atoms with Crippen molar-refractivity contribution in [2.24, 2.45) is 25.9 Å². The largest absolute Gasteiger partial charge is 0.393 e. The van der Waals surface area contributed by atoms with E-state index in [1.807, 2.05) is 4.57 Å². The summed E-state index contributed by atoms with van der Waals surface area (Å²) in [6.07, 6.45) is 5.75. The van der Waals surface area contributed by atoms with Gasteiger partial charge < -0.3 is 14.6 Å². The monoisotopic (exact) mass is 361 g/mol. The van der Waals surface area contributed by atoms with Crippen LogP contribution < -0.4 is 11.2 Å². The molecule has 2 fully saturated rings. The fourth-order valence-corrected chi connectivity index (χ4v) is 4.93. The molecule has 2 unspecified atom stereocenters. The highest BCUT2D eigenvalue weighted by molar-refractivity contribution is 5.69. The molecule has 4 atom stereocenters. The zero-order chi connectivity index (χ0) is 18.6. The second kappa shape index (κ2) is 6.35. The maximum Gasteiger partial charge on any atom is 0.332 e. The van der Waals surface area contributed by atoms with E-state index in [1.165, 1.54) is 11.6 Å². The van der Waals surface area contributed by atoms with Gasteiger partial charge in [-0.05, 0) is 44.6 Å². The Morgan fingerprint density at radius 1 is 1.15 bits per heavy atom. The van der Waals surface area contributed by atoms with Gasteiger partial charge in [-0.25, -0.2) is 9.78 Å². The molecule has 8 nitrogen and oxygen atoms in total. The molecule has 0 aliphatic heterocycles. The molecule has 0 spiro atoms. The second-order valence-electron chi connectivity index (χ2n) is 8.07. The van der Waals surface area contributed by atoms with Crippen LogP contribution >= 0.6 is 0 Å². The number of hydrogen-bond donors (Lipinski definition) is 1. The third-order valence-electron chi connectivity index (χ3n) is 6.50. The van der Waals surface area contributed by atoms with Crippen LogP contribution in [0.3, 0.4) is 0 Å². The molecule has 0 amide bonds. The normalized spacial score (nSPS) is 28.3. The van der Waals surface area contributed by atoms with Gasteiger partial charge in [-0.2, -0.15) is 0 Å². The number of likely N-dealkylation sites (N-methyl/N-ethyl adjacent to an activating group) is 1. The van der Waals surface area contributed by atoms with Gasteiger partial charge in [0.1, 0.15) is 0 Å². The number of aliphatic hydroxyl groups excluding tert-OH is 1. The summed E-state index contributed by atoms with van der Waals surface area (Å²) in [6, 6.07) is 0.541. The first-order valence-electron chi connectivity index (χ1n) is 9.36. The highest BCUT2D eigenvalue weighted by Gasteiger charge is 2.42. The van der Waals surface area contributed by atoms with Gasteiger partial charge in [-0.15, -0.1) is 0 Å². The summed E-state index contributed by atoms with van der Waals surface area (Å²) in [7, 11) is 5.27. The van der Waals surface area contributed by atoms with Crippen molar-refractivity contribution in [3.63, 3.8) is 0 Å². The van der Waals surface area contributed by atoms with Crippen molar-refractivity contribution in [3.8, 4) is 0 Å². The molecule has 0 bridgehead atoms. The molecule has 0 radical (unpaired) electrons. The van der Waals surface area contributed by atoms with E-state index in [1.54, 1.807) is 13.4 Å². The lowest BCUT2D eigenvalue weighted by atomic mass is 10.0. The van der Waals surface area contributed by atoms with Crippen LogP contribution in [0.5, 0.6) is 0 Å². The molecular weight excluding hydrogens is 334 g/mol. The summed E-state index contributed by atoms with van der Waals surface area (Å²) in [4.78, 5) is 31.2. The number of nitrogens with zero attached hydrogens (tertiary/aromatic N) is 5. The van der Waals surface area contributed by atoms with Crippen LogP contribution in [0.1, 0.15) is 25.7 Å². The van der Waals surface area contributed by atoms with E-state index in [2.05, 4.69) is 16.9 Å². The van der Waals surface area contributed by atoms with Gasteiger partial charge in [0.15, 0.2) is 11.2 Å². The molecule has 2 aliphatic carbocycles. The van der Waals surface area contributed by atoms with Crippen molar-refractivity contribution in [2.75, 3.05) is 13.6 Å². The fraction of sp³-hybridized carbons (Fsp3) is 0.722. The zero-order valence-electron chi connectivity index (χ0n) is 15.6. The van der Waals surface area contributed by atoms with Crippen molar-refractivity contribution in [3.05, 3.63) is 27.2 Å². The second-order valence-corrected chi connectivity index (χ2v) is 8.07. The Bertz CT molecular complexity index is 929. The van der Waals surface area contributed by atoms with Gasteiger partial charge in [0.05, 0.1) is 12.4 Å². The lowest BCUT2D eigenvalue weighted by molar-refractivity contribution is 0.158. The average Bonchev–Trinajstić information content (AvgIpc) is 3.28. The van der Waals surface area contributed by atoms with Gasteiger partial charge in [-0.3, -0.25) is 13.9 Å². The lowest BCUT2D eigenvalue weighted by Gasteiger charge is -2.25. The Morgan fingerprint density at radius 2 is 1.81 bits per heavy atom. The Balaban J connectivity index is 1.49. The van der Waals surface area contributed by atoms with Crippen LogP contribution in [0.4, 0.5) is 0 Å². The Hall–Kier alpha value is -1.93. The third-order valence-corrected chi connectivity index (χ3v) is 6.50. The molecule has 4 rings (SSSR count). The minimum Gasteiger partial charge on any atom is -0.393 e. The van der Waals surface area contributed by atoms with E-state index in [4.69, 9.17) is 0 Å². The van der Waals surface area contributed by atoms with Crippen LogP contribution in [0.2, 0.25) is 0 Å². The first-order chi connectivity index (χ1) is 12.4. The molecule has 8 heteroatoms. The molecule has 2 heterocycles. The minimum atomic E-state index is -0.357. The summed E-state index contributed by atoms with van der Waals surface area (Å²) in [5.74, 6) is 1.32. The molecule has 0 aromatic carbocycles. The number of imidazole rings is 1. The highest BCUT2D eigenvalue weighted by atomic mass is 16.3. The molecular formula is C18H27N5O3. The van der Waals surface area contributed by atoms with E-state index >= 15 is 0 Å². The van der Waals surface area contributed by atoms with Crippen LogP contribution in [-0.4, -0.2) is 54.4 Å². The van der Waals surface area contributed by atoms with Crippen molar-refractivity contribution in [2.45, 2.75) is 44.4 Å². The van der Waals surface area contributed by atoms with E-state index in [0.29, 0.717) is 35.6 Å². The molecule has 26 heavy (non-hydrogen) atoms. The maximum atomic E-state index is 12.5. The number of aryl methyl sites for hydroxylation is 1. The number of rotatable bonds is 4. The van der Waals surface area contributed by atoms with Crippen molar-refractivity contribution in [1.29, 1.82) is 0 Å². The zero-order valence-corrected chi connectivity index (χ0v) is 15.6. The van der Waals surface area contributed by atoms with Crippen LogP contribution in [0.25, 0.3) is 11.2 Å². The van der Waals surface area contributed by atoms with E-state index in [9.17, 15) is 14.7 Å². The summed E-state index contributed by atoms with van der Waals surface area (Å²) in [6.45, 7) is 1.49. The predicted molar refractivity (Wildman–Crippen MR) is 98.1 cm³/mol. The standard InChI is InChI=1S/C18H27N5O3/c1-20(13-6-11-8-14(24)9-12(11)7-13)4-5-23-10-19-16-15(23)17(25)22(3)18(26)21(16)2/h10-14,24H,4-9H2,1-3H3/t11-,12+,13?,14?. The average molecular weight is 361 g/mol. The van der Waals surface area contributed by atoms with Crippen molar-refractivity contribution < 1.29 is 5.11 Å². The number of hydrogen-bond acceptors (Lipinski definition) is 5. The van der Waals surface area contributed by atoms with E-state index in [0.717, 1.165) is 36.8 Å². The molecule has 2 saturated carbocycles. The summed E-state index contributed by atoms with van der Waals surface area (Å²) < 4.78 is 4.40. The SMILES string of the molecule is CN(CCn1cnc2c1c(=O)n(C)c(=O)n2C)C1C[C@H]2CC(O)C[C@H]2C1. The summed E-state index contributed by atoms with van der Waals surface area (Å²) >= 11 is 0. The quantitative estimate of drug-likeness (QED) is 0.823. The first-order valence-corrected chi connectivity index (χ1v) is 9.36. The smallest absolute Gasteiger partial charge is 0.332 e. The molecule has 0 saturated heterocycles. The lowest BCUT2D eigenvalue weighted by Crippen LogP contribution is -2.38. The fourth-order valence-electron chi connectivity index (χ4n) is 4.93. The van der Waals surface area contributed by atoms with Gasteiger partial charge in [0.2, 0.25) is 0 Å². The Kier molecular flexibility index (Phi) is 4.27. The molecule has 2 aromatic heterocycles. The molecule has 142 valence electrons. The Labute approximate surface area is 151 Å². The maximum absolute atomic E-state index is 12.5. The van der Waals surface area contributed by atoms with Gasteiger partial charge in [0, 0.05) is 33.2 Å². The van der Waals surface area contributed by atoms with E-state index in [-0.39, 0.29) is 17.4 Å². The number of aliphatic hydroxyl groups is 1. The summed E-state index contributed by atoms with van der Waals surface area (Å²) in [5, 5.41) is 9.80. The van der Waals surface area contributed by atoms with E-state index < -0.39 is 0 Å². The summed E-state index contributed by atoms with van der Waals surface area (Å²) in [5.41, 5.74) is 0.261. The van der Waals surface area contributed by atoms with Crippen molar-refractivity contribution >= 4 is 11.2 Å². The minimum absolute atomic E-state index is 0.101. The number of fused-ring (bicyclic) bond motifs is 2. The van der Waals surface area contributed by atoms with Crippen LogP contribution in [0, 0.1) is 11.8 Å². The van der Waals surface area contributed by atoms with Crippen molar-refractivity contribution in [1.82, 2.24) is 23.6 Å². The van der Waals surface area contributed by atoms with Gasteiger partial charge in [-0.1, -0.05) is 0 Å². The van der Waals surface area contributed by atoms with Gasteiger partial charge in [0.25, 0.3) is 5.56 Å². The van der Waals surface area contributed by atoms with Gasteiger partial charge >= 0.3 is 5.69 Å². The van der Waals surface area contributed by atoms with Crippen LogP contribution in [0.15, 0.2) is 15.9 Å². The molecule has 1 N–H and O–H groups in total. The molecule has 2 aliphatic rings.